The fraction of sp³-hybridized carbons (Fsp3) is 0.526. The van der Waals surface area contributed by atoms with Gasteiger partial charge in [-0.1, -0.05) is 5.16 Å². The first-order chi connectivity index (χ1) is 13.1. The first kappa shape index (κ1) is 18.1. The minimum atomic E-state index is -0.394. The minimum absolute atomic E-state index is 0.00360. The van der Waals surface area contributed by atoms with Crippen molar-refractivity contribution in [2.24, 2.45) is 5.73 Å². The van der Waals surface area contributed by atoms with Crippen molar-refractivity contribution < 1.29 is 18.4 Å². The van der Waals surface area contributed by atoms with Gasteiger partial charge in [0.25, 0.3) is 5.91 Å². The molecule has 1 aromatic heterocycles. The summed E-state index contributed by atoms with van der Waals surface area (Å²) in [6.45, 7) is 1.69. The van der Waals surface area contributed by atoms with Crippen molar-refractivity contribution in [2.75, 3.05) is 19.6 Å². The molecule has 0 bridgehead atoms. The Labute approximate surface area is 156 Å². The normalized spacial score (nSPS) is 25.7. The topological polar surface area (TPSA) is 94.5 Å². The van der Waals surface area contributed by atoms with E-state index in [1.54, 1.807) is 12.1 Å². The van der Waals surface area contributed by atoms with Crippen LogP contribution in [0.25, 0.3) is 11.4 Å². The molecule has 2 aliphatic rings. The number of carbonyl (C=O) groups excluding carboxylic acids is 1. The molecule has 1 aromatic carbocycles. The van der Waals surface area contributed by atoms with Gasteiger partial charge in [0, 0.05) is 25.2 Å². The highest BCUT2D eigenvalue weighted by molar-refractivity contribution is 5.81. The van der Waals surface area contributed by atoms with Gasteiger partial charge in [0.2, 0.25) is 11.7 Å². The molecule has 144 valence electrons. The van der Waals surface area contributed by atoms with Gasteiger partial charge in [-0.3, -0.25) is 4.79 Å². The Bertz CT molecular complexity index is 795. The molecule has 3 atom stereocenters. The summed E-state index contributed by atoms with van der Waals surface area (Å²) in [5.74, 6) is 0.650. The van der Waals surface area contributed by atoms with Crippen LogP contribution in [0.15, 0.2) is 28.8 Å². The van der Waals surface area contributed by atoms with Crippen LogP contribution in [0, 0.1) is 5.82 Å². The zero-order valence-corrected chi connectivity index (χ0v) is 15.0. The summed E-state index contributed by atoms with van der Waals surface area (Å²) >= 11 is 0. The Balaban J connectivity index is 1.42. The minimum Gasteiger partial charge on any atom is -0.364 e. The molecule has 1 unspecified atom stereocenters. The molecule has 2 saturated heterocycles. The van der Waals surface area contributed by atoms with E-state index in [-0.39, 0.29) is 23.7 Å². The highest BCUT2D eigenvalue weighted by Gasteiger charge is 2.36. The Morgan fingerprint density at radius 1 is 1.26 bits per heavy atom. The van der Waals surface area contributed by atoms with Gasteiger partial charge in [-0.15, -0.1) is 0 Å². The molecule has 7 nitrogen and oxygen atoms in total. The zero-order chi connectivity index (χ0) is 18.8. The third-order valence-electron chi connectivity index (χ3n) is 5.27. The van der Waals surface area contributed by atoms with E-state index >= 15 is 0 Å². The van der Waals surface area contributed by atoms with Crippen LogP contribution in [0.2, 0.25) is 0 Å². The zero-order valence-electron chi connectivity index (χ0n) is 15.0. The lowest BCUT2D eigenvalue weighted by atomic mass is 9.97. The largest absolute Gasteiger partial charge is 0.364 e. The maximum atomic E-state index is 13.1. The second kappa shape index (κ2) is 7.74. The van der Waals surface area contributed by atoms with E-state index in [0.29, 0.717) is 36.9 Å². The lowest BCUT2D eigenvalue weighted by Crippen LogP contribution is -2.44. The van der Waals surface area contributed by atoms with Crippen molar-refractivity contribution in [2.45, 2.75) is 43.8 Å². The van der Waals surface area contributed by atoms with Crippen LogP contribution in [0.1, 0.15) is 37.5 Å². The third-order valence-corrected chi connectivity index (χ3v) is 5.27. The number of nitrogens with two attached hydrogens (primary N) is 1. The van der Waals surface area contributed by atoms with Crippen molar-refractivity contribution >= 4 is 5.91 Å². The Kier molecular flexibility index (Phi) is 5.18. The molecule has 2 N–H and O–H groups in total. The molecule has 8 heteroatoms. The average Bonchev–Trinajstić information content (AvgIpc) is 3.38. The fourth-order valence-electron chi connectivity index (χ4n) is 3.76. The molecule has 0 radical (unpaired) electrons. The molecule has 0 spiro atoms. The molecular weight excluding hydrogens is 351 g/mol. The van der Waals surface area contributed by atoms with Crippen LogP contribution in [-0.2, 0) is 9.53 Å². The molecule has 2 aliphatic heterocycles. The van der Waals surface area contributed by atoms with Crippen LogP contribution in [0.4, 0.5) is 4.39 Å². The van der Waals surface area contributed by atoms with Crippen LogP contribution >= 0.6 is 0 Å². The first-order valence-corrected chi connectivity index (χ1v) is 9.38. The number of halogens is 1. The number of ether oxygens (including phenoxy) is 1. The number of rotatable bonds is 4. The summed E-state index contributed by atoms with van der Waals surface area (Å²) in [7, 11) is 0. The smallest absolute Gasteiger partial charge is 0.251 e. The highest BCUT2D eigenvalue weighted by atomic mass is 19.1. The van der Waals surface area contributed by atoms with E-state index in [0.717, 1.165) is 25.7 Å². The van der Waals surface area contributed by atoms with Crippen LogP contribution in [0.3, 0.4) is 0 Å². The molecule has 0 aliphatic carbocycles. The molecule has 0 saturated carbocycles. The lowest BCUT2D eigenvalue weighted by Gasteiger charge is -2.32. The van der Waals surface area contributed by atoms with Crippen LogP contribution < -0.4 is 5.73 Å². The summed E-state index contributed by atoms with van der Waals surface area (Å²) in [6, 6.07) is 5.96. The molecule has 4 rings (SSSR count). The number of amides is 1. The van der Waals surface area contributed by atoms with E-state index in [2.05, 4.69) is 10.1 Å². The van der Waals surface area contributed by atoms with E-state index in [1.807, 2.05) is 4.90 Å². The molecular formula is C19H23FN4O3. The van der Waals surface area contributed by atoms with Crippen molar-refractivity contribution in [3.05, 3.63) is 36.0 Å². The molecule has 3 heterocycles. The number of piperidine rings is 1. The SMILES string of the molecule is NC[C@H]1CC[C@@H](C(=O)N2CCCC(c3nc(-c4ccc(F)cc4)no3)C2)O1. The second-order valence-electron chi connectivity index (χ2n) is 7.15. The standard InChI is InChI=1S/C19H23FN4O3/c20-14-5-3-12(4-6-14)17-22-18(27-23-17)13-2-1-9-24(11-13)19(25)16-8-7-15(10-21)26-16/h3-6,13,15-16H,1-2,7-11,21H2/t13?,15-,16+/m1/s1. The predicted octanol–water partition coefficient (Wildman–Crippen LogP) is 2.09. The Morgan fingerprint density at radius 2 is 2.07 bits per heavy atom. The Hall–Kier alpha value is -2.32. The van der Waals surface area contributed by atoms with Gasteiger partial charge in [-0.25, -0.2) is 4.39 Å². The van der Waals surface area contributed by atoms with Gasteiger partial charge in [0.1, 0.15) is 11.9 Å². The predicted molar refractivity (Wildman–Crippen MR) is 95.2 cm³/mol. The second-order valence-corrected chi connectivity index (χ2v) is 7.15. The summed E-state index contributed by atoms with van der Waals surface area (Å²) in [4.78, 5) is 19.1. The number of hydrogen-bond donors (Lipinski definition) is 1. The summed E-state index contributed by atoms with van der Waals surface area (Å²) < 4.78 is 24.2. The van der Waals surface area contributed by atoms with Crippen molar-refractivity contribution in [1.29, 1.82) is 0 Å². The van der Waals surface area contributed by atoms with E-state index in [4.69, 9.17) is 15.0 Å². The van der Waals surface area contributed by atoms with Crippen molar-refractivity contribution in [3.63, 3.8) is 0 Å². The number of likely N-dealkylation sites (tertiary alicyclic amines) is 1. The van der Waals surface area contributed by atoms with Gasteiger partial charge in [-0.2, -0.15) is 4.98 Å². The highest BCUT2D eigenvalue weighted by Crippen LogP contribution is 2.29. The molecule has 2 fully saturated rings. The van der Waals surface area contributed by atoms with Gasteiger partial charge in [-0.05, 0) is 49.9 Å². The fourth-order valence-corrected chi connectivity index (χ4v) is 3.76. The quantitative estimate of drug-likeness (QED) is 0.881. The number of carbonyl (C=O) groups is 1. The van der Waals surface area contributed by atoms with Gasteiger partial charge >= 0.3 is 0 Å². The molecule has 2 aromatic rings. The lowest BCUT2D eigenvalue weighted by molar-refractivity contribution is -0.144. The summed E-state index contributed by atoms with van der Waals surface area (Å²) in [5, 5.41) is 4.01. The number of hydrogen-bond acceptors (Lipinski definition) is 6. The maximum Gasteiger partial charge on any atom is 0.251 e. The monoisotopic (exact) mass is 374 g/mol. The third kappa shape index (κ3) is 3.86. The van der Waals surface area contributed by atoms with E-state index in [9.17, 15) is 9.18 Å². The molecule has 27 heavy (non-hydrogen) atoms. The van der Waals surface area contributed by atoms with E-state index in [1.165, 1.54) is 12.1 Å². The Morgan fingerprint density at radius 3 is 2.81 bits per heavy atom. The summed E-state index contributed by atoms with van der Waals surface area (Å²) in [6.07, 6.45) is 2.89. The van der Waals surface area contributed by atoms with Gasteiger partial charge in [0.15, 0.2) is 0 Å². The number of nitrogens with zero attached hydrogens (tertiary/aromatic N) is 3. The van der Waals surface area contributed by atoms with Crippen LogP contribution in [0.5, 0.6) is 0 Å². The van der Waals surface area contributed by atoms with Crippen molar-refractivity contribution in [1.82, 2.24) is 15.0 Å². The first-order valence-electron chi connectivity index (χ1n) is 9.38. The van der Waals surface area contributed by atoms with Crippen molar-refractivity contribution in [3.8, 4) is 11.4 Å². The van der Waals surface area contributed by atoms with Crippen LogP contribution in [-0.4, -0.2) is 52.8 Å². The number of aromatic nitrogens is 2. The summed E-state index contributed by atoms with van der Waals surface area (Å²) in [5.41, 5.74) is 6.33. The van der Waals surface area contributed by atoms with Gasteiger partial charge < -0.3 is 19.9 Å². The average molecular weight is 374 g/mol. The van der Waals surface area contributed by atoms with Gasteiger partial charge in [0.05, 0.1) is 12.0 Å². The van der Waals surface area contributed by atoms with E-state index < -0.39 is 6.10 Å². The number of benzene rings is 1. The molecule has 1 amide bonds. The maximum absolute atomic E-state index is 13.1.